The van der Waals surface area contributed by atoms with E-state index in [9.17, 15) is 8.78 Å². The summed E-state index contributed by atoms with van der Waals surface area (Å²) in [5.74, 6) is -0.338. The highest BCUT2D eigenvalue weighted by Gasteiger charge is 2.32. The van der Waals surface area contributed by atoms with Gasteiger partial charge in [-0.3, -0.25) is 0 Å². The highest BCUT2D eigenvalue weighted by Crippen LogP contribution is 2.39. The molecule has 0 aromatic carbocycles. The summed E-state index contributed by atoms with van der Waals surface area (Å²) in [5.41, 5.74) is 1.16. The molecule has 124 valence electrons. The fourth-order valence-corrected chi connectivity index (χ4v) is 3.22. The molecule has 0 N–H and O–H groups in total. The van der Waals surface area contributed by atoms with Crippen molar-refractivity contribution in [2.45, 2.75) is 18.9 Å². The Morgan fingerprint density at radius 2 is 2.21 bits per heavy atom. The van der Waals surface area contributed by atoms with Crippen molar-refractivity contribution >= 4 is 11.5 Å². The van der Waals surface area contributed by atoms with Gasteiger partial charge in [-0.05, 0) is 18.9 Å². The van der Waals surface area contributed by atoms with E-state index in [1.807, 2.05) is 4.90 Å². The standard InChI is InChI=1S/C16H15F2N5O/c1-24-16-11(7-10(17)8-19-16)13-3-2-6-22(13)15-12(18)9-23-14(21-15)4-5-20-23/h4-5,7-9,13H,2-3,6H2,1H3/t13-/m1/s1. The molecule has 8 heteroatoms. The van der Waals surface area contributed by atoms with Gasteiger partial charge in [-0.1, -0.05) is 0 Å². The third-order valence-corrected chi connectivity index (χ3v) is 4.24. The van der Waals surface area contributed by atoms with Crippen molar-refractivity contribution < 1.29 is 13.5 Å². The van der Waals surface area contributed by atoms with Crippen molar-refractivity contribution in [1.29, 1.82) is 0 Å². The Morgan fingerprint density at radius 3 is 3.04 bits per heavy atom. The molecule has 1 saturated heterocycles. The van der Waals surface area contributed by atoms with E-state index in [2.05, 4.69) is 15.1 Å². The summed E-state index contributed by atoms with van der Waals surface area (Å²) in [6.07, 6.45) is 5.56. The van der Waals surface area contributed by atoms with Crippen molar-refractivity contribution in [3.8, 4) is 5.88 Å². The average molecular weight is 331 g/mol. The first-order chi connectivity index (χ1) is 11.7. The van der Waals surface area contributed by atoms with Crippen molar-refractivity contribution in [2.24, 2.45) is 0 Å². The summed E-state index contributed by atoms with van der Waals surface area (Å²) in [4.78, 5) is 10.2. The molecule has 3 aromatic heterocycles. The first kappa shape index (κ1) is 14.8. The molecular weight excluding hydrogens is 316 g/mol. The van der Waals surface area contributed by atoms with Crippen LogP contribution in [0, 0.1) is 11.6 Å². The van der Waals surface area contributed by atoms with Crippen molar-refractivity contribution in [1.82, 2.24) is 19.6 Å². The molecule has 4 heterocycles. The molecule has 1 atom stereocenters. The molecule has 0 unspecified atom stereocenters. The van der Waals surface area contributed by atoms with Crippen molar-refractivity contribution in [3.63, 3.8) is 0 Å². The summed E-state index contributed by atoms with van der Waals surface area (Å²) >= 11 is 0. The van der Waals surface area contributed by atoms with Crippen LogP contribution in [0.2, 0.25) is 0 Å². The minimum absolute atomic E-state index is 0.233. The predicted octanol–water partition coefficient (Wildman–Crippen LogP) is 2.75. The fraction of sp³-hybridized carbons (Fsp3) is 0.312. The molecule has 0 aliphatic carbocycles. The number of methoxy groups -OCH3 is 1. The largest absolute Gasteiger partial charge is 0.481 e. The minimum Gasteiger partial charge on any atom is -0.481 e. The molecule has 1 fully saturated rings. The zero-order valence-electron chi connectivity index (χ0n) is 13.0. The van der Waals surface area contributed by atoms with E-state index in [4.69, 9.17) is 4.74 Å². The van der Waals surface area contributed by atoms with Crippen LogP contribution < -0.4 is 9.64 Å². The van der Waals surface area contributed by atoms with Gasteiger partial charge in [0, 0.05) is 18.2 Å². The highest BCUT2D eigenvalue weighted by atomic mass is 19.1. The molecule has 1 aliphatic rings. The van der Waals surface area contributed by atoms with Gasteiger partial charge >= 0.3 is 0 Å². The van der Waals surface area contributed by atoms with Crippen LogP contribution in [0.4, 0.5) is 14.6 Å². The second-order valence-corrected chi connectivity index (χ2v) is 5.65. The average Bonchev–Trinajstić information content (AvgIpc) is 3.22. The van der Waals surface area contributed by atoms with Crippen LogP contribution in [0.5, 0.6) is 5.88 Å². The molecule has 0 bridgehead atoms. The maximum absolute atomic E-state index is 14.5. The van der Waals surface area contributed by atoms with Gasteiger partial charge in [0.15, 0.2) is 17.3 Å². The highest BCUT2D eigenvalue weighted by molar-refractivity contribution is 5.52. The van der Waals surface area contributed by atoms with E-state index in [-0.39, 0.29) is 11.9 Å². The quantitative estimate of drug-likeness (QED) is 0.739. The number of hydrogen-bond donors (Lipinski definition) is 0. The van der Waals surface area contributed by atoms with Crippen LogP contribution in [0.3, 0.4) is 0 Å². The smallest absolute Gasteiger partial charge is 0.218 e. The minimum atomic E-state index is -0.471. The van der Waals surface area contributed by atoms with E-state index in [0.29, 0.717) is 23.6 Å². The fourth-order valence-electron chi connectivity index (χ4n) is 3.22. The van der Waals surface area contributed by atoms with Crippen LogP contribution >= 0.6 is 0 Å². The van der Waals surface area contributed by atoms with Gasteiger partial charge in [0.25, 0.3) is 0 Å². The van der Waals surface area contributed by atoms with Crippen LogP contribution in [-0.2, 0) is 0 Å². The summed E-state index contributed by atoms with van der Waals surface area (Å²) in [6.45, 7) is 0.624. The van der Waals surface area contributed by atoms with Gasteiger partial charge in [0.05, 0.1) is 31.7 Å². The Kier molecular flexibility index (Phi) is 3.51. The van der Waals surface area contributed by atoms with Gasteiger partial charge < -0.3 is 9.64 Å². The summed E-state index contributed by atoms with van der Waals surface area (Å²) in [6, 6.07) is 2.86. The number of ether oxygens (including phenoxy) is 1. The maximum Gasteiger partial charge on any atom is 0.218 e. The summed E-state index contributed by atoms with van der Waals surface area (Å²) < 4.78 is 34.8. The first-order valence-electron chi connectivity index (χ1n) is 7.63. The molecule has 0 spiro atoms. The second kappa shape index (κ2) is 5.70. The topological polar surface area (TPSA) is 55.5 Å². The Bertz CT molecular complexity index is 897. The number of anilines is 1. The lowest BCUT2D eigenvalue weighted by atomic mass is 10.1. The van der Waals surface area contributed by atoms with E-state index in [1.165, 1.54) is 23.9 Å². The number of aromatic nitrogens is 4. The lowest BCUT2D eigenvalue weighted by molar-refractivity contribution is 0.385. The van der Waals surface area contributed by atoms with Crippen LogP contribution in [0.25, 0.3) is 5.65 Å². The SMILES string of the molecule is COc1ncc(F)cc1[C@H]1CCCN1c1nc2ccnn2cc1F. The number of pyridine rings is 1. The molecule has 1 aliphatic heterocycles. The molecule has 0 amide bonds. The lowest BCUT2D eigenvalue weighted by Crippen LogP contribution is -2.25. The van der Waals surface area contributed by atoms with E-state index in [1.54, 1.807) is 12.3 Å². The Balaban J connectivity index is 1.79. The monoisotopic (exact) mass is 331 g/mol. The molecule has 4 rings (SSSR count). The van der Waals surface area contributed by atoms with E-state index >= 15 is 0 Å². The first-order valence-corrected chi connectivity index (χ1v) is 7.63. The van der Waals surface area contributed by atoms with Crippen molar-refractivity contribution in [3.05, 3.63) is 47.9 Å². The molecule has 3 aromatic rings. The van der Waals surface area contributed by atoms with Gasteiger partial charge in [0.1, 0.15) is 5.82 Å². The van der Waals surface area contributed by atoms with Crippen LogP contribution in [0.1, 0.15) is 24.4 Å². The van der Waals surface area contributed by atoms with Gasteiger partial charge in [-0.15, -0.1) is 0 Å². The summed E-state index contributed by atoms with van der Waals surface area (Å²) in [5, 5.41) is 3.98. The second-order valence-electron chi connectivity index (χ2n) is 5.65. The number of rotatable bonds is 3. The van der Waals surface area contributed by atoms with Gasteiger partial charge in [0.2, 0.25) is 5.88 Å². The number of fused-ring (bicyclic) bond motifs is 1. The zero-order chi connectivity index (χ0) is 16.7. The predicted molar refractivity (Wildman–Crippen MR) is 83.0 cm³/mol. The van der Waals surface area contributed by atoms with Crippen LogP contribution in [0.15, 0.2) is 30.7 Å². The molecule has 0 saturated carbocycles. The Hall–Kier alpha value is -2.77. The lowest BCUT2D eigenvalue weighted by Gasteiger charge is -2.27. The summed E-state index contributed by atoms with van der Waals surface area (Å²) in [7, 11) is 1.49. The maximum atomic E-state index is 14.5. The zero-order valence-corrected chi connectivity index (χ0v) is 13.0. The molecule has 0 radical (unpaired) electrons. The third-order valence-electron chi connectivity index (χ3n) is 4.24. The Morgan fingerprint density at radius 1 is 1.33 bits per heavy atom. The van der Waals surface area contributed by atoms with Crippen LogP contribution in [-0.4, -0.2) is 33.2 Å². The number of nitrogens with zero attached hydrogens (tertiary/aromatic N) is 5. The normalized spacial score (nSPS) is 17.6. The Labute approximate surface area is 136 Å². The number of halogens is 2. The van der Waals surface area contributed by atoms with Gasteiger partial charge in [-0.2, -0.15) is 5.10 Å². The third kappa shape index (κ3) is 2.34. The molecular formula is C16H15F2N5O. The van der Waals surface area contributed by atoms with E-state index < -0.39 is 11.6 Å². The number of hydrogen-bond acceptors (Lipinski definition) is 5. The van der Waals surface area contributed by atoms with Crippen molar-refractivity contribution in [2.75, 3.05) is 18.6 Å². The molecule has 6 nitrogen and oxygen atoms in total. The van der Waals surface area contributed by atoms with Gasteiger partial charge in [-0.25, -0.2) is 23.3 Å². The molecule has 24 heavy (non-hydrogen) atoms. The van der Waals surface area contributed by atoms with E-state index in [0.717, 1.165) is 19.0 Å².